The molecule has 3 rings (SSSR count). The topological polar surface area (TPSA) is 118 Å². The first-order valence-corrected chi connectivity index (χ1v) is 8.28. The van der Waals surface area contributed by atoms with Crippen molar-refractivity contribution in [3.05, 3.63) is 68.7 Å². The average molecular weight is 388 g/mol. The largest absolute Gasteiger partial charge is 0.490 e. The summed E-state index contributed by atoms with van der Waals surface area (Å²) in [5.74, 6) is -0.202. The minimum atomic E-state index is -0.671. The number of hydrogen-bond donors (Lipinski definition) is 2. The fraction of sp³-hybridized carbons (Fsp3) is 0.111. The molecule has 1 heterocycles. The predicted octanol–water partition coefficient (Wildman–Crippen LogP) is 4.12. The zero-order valence-corrected chi connectivity index (χ0v) is 14.9. The quantitative estimate of drug-likeness (QED) is 0.504. The summed E-state index contributed by atoms with van der Waals surface area (Å²) in [6.45, 7) is 2.25. The van der Waals surface area contributed by atoms with E-state index in [0.29, 0.717) is 23.3 Å². The SMILES string of the molecule is CCOc1cccc2cc(C(=O)Nc3cc([N+](=O)[O-])ccc3Cl)c(=N)oc12. The van der Waals surface area contributed by atoms with E-state index >= 15 is 0 Å². The van der Waals surface area contributed by atoms with Crippen LogP contribution in [0.4, 0.5) is 11.4 Å². The third-order valence-corrected chi connectivity index (χ3v) is 4.04. The van der Waals surface area contributed by atoms with Gasteiger partial charge in [0, 0.05) is 17.5 Å². The maximum absolute atomic E-state index is 12.6. The molecule has 2 N–H and O–H groups in total. The van der Waals surface area contributed by atoms with Crippen molar-refractivity contribution in [1.29, 1.82) is 5.41 Å². The number of halogens is 1. The third-order valence-electron chi connectivity index (χ3n) is 3.71. The summed E-state index contributed by atoms with van der Waals surface area (Å²) in [6, 6.07) is 10.4. The molecule has 0 bridgehead atoms. The van der Waals surface area contributed by atoms with Crippen LogP contribution in [-0.4, -0.2) is 17.4 Å². The van der Waals surface area contributed by atoms with Gasteiger partial charge in [-0.3, -0.25) is 20.3 Å². The Balaban J connectivity index is 1.99. The van der Waals surface area contributed by atoms with Crippen molar-refractivity contribution in [2.45, 2.75) is 6.92 Å². The molecule has 0 radical (unpaired) electrons. The number of ether oxygens (including phenoxy) is 1. The second-order valence-electron chi connectivity index (χ2n) is 5.47. The zero-order chi connectivity index (χ0) is 19.6. The molecule has 138 valence electrons. The van der Waals surface area contributed by atoms with Crippen molar-refractivity contribution in [2.24, 2.45) is 0 Å². The normalized spacial score (nSPS) is 10.6. The number of anilines is 1. The first-order valence-electron chi connectivity index (χ1n) is 7.90. The van der Waals surface area contributed by atoms with Crippen molar-refractivity contribution < 1.29 is 18.9 Å². The maximum Gasteiger partial charge on any atom is 0.271 e. The monoisotopic (exact) mass is 387 g/mol. The summed E-state index contributed by atoms with van der Waals surface area (Å²) in [5.41, 5.74) is -0.203. The second kappa shape index (κ2) is 7.46. The van der Waals surface area contributed by atoms with Crippen LogP contribution in [0.5, 0.6) is 5.75 Å². The van der Waals surface area contributed by atoms with Gasteiger partial charge < -0.3 is 14.5 Å². The van der Waals surface area contributed by atoms with E-state index in [1.54, 1.807) is 18.2 Å². The summed E-state index contributed by atoms with van der Waals surface area (Å²) in [4.78, 5) is 22.9. The van der Waals surface area contributed by atoms with Gasteiger partial charge >= 0.3 is 0 Å². The summed E-state index contributed by atoms with van der Waals surface area (Å²) in [5, 5.41) is 22.1. The van der Waals surface area contributed by atoms with Crippen LogP contribution in [0.3, 0.4) is 0 Å². The molecule has 3 aromatic rings. The van der Waals surface area contributed by atoms with E-state index in [1.165, 1.54) is 18.2 Å². The van der Waals surface area contributed by atoms with E-state index in [4.69, 9.17) is 26.2 Å². The molecule has 1 amide bonds. The molecule has 0 aliphatic carbocycles. The molecule has 0 saturated carbocycles. The predicted molar refractivity (Wildman–Crippen MR) is 99.3 cm³/mol. The number of benzene rings is 2. The van der Waals surface area contributed by atoms with Gasteiger partial charge in [0.2, 0.25) is 5.55 Å². The molecule has 0 unspecified atom stereocenters. The van der Waals surface area contributed by atoms with Crippen LogP contribution in [-0.2, 0) is 0 Å². The highest BCUT2D eigenvalue weighted by Crippen LogP contribution is 2.28. The minimum absolute atomic E-state index is 0.0429. The highest BCUT2D eigenvalue weighted by Gasteiger charge is 2.17. The van der Waals surface area contributed by atoms with Crippen molar-refractivity contribution in [1.82, 2.24) is 0 Å². The number of carbonyl (C=O) groups excluding carboxylic acids is 1. The number of non-ortho nitro benzene ring substituents is 1. The molecule has 0 saturated heterocycles. The van der Waals surface area contributed by atoms with E-state index < -0.39 is 10.8 Å². The molecule has 0 aliphatic rings. The fourth-order valence-electron chi connectivity index (χ4n) is 2.48. The Morgan fingerprint density at radius 3 is 2.81 bits per heavy atom. The van der Waals surface area contributed by atoms with Crippen molar-refractivity contribution >= 4 is 39.9 Å². The highest BCUT2D eigenvalue weighted by molar-refractivity contribution is 6.34. The standard InChI is InChI=1S/C18H14ClN3O5/c1-2-26-15-5-3-4-10-8-12(17(20)27-16(10)15)18(23)21-14-9-11(22(24)25)6-7-13(14)19/h3-9,20H,2H2,1H3,(H,21,23). The Hall–Kier alpha value is -3.39. The van der Waals surface area contributed by atoms with Crippen LogP contribution in [0.15, 0.2) is 46.9 Å². The summed E-state index contributed by atoms with van der Waals surface area (Å²) < 4.78 is 10.9. The Bertz CT molecular complexity index is 1110. The summed E-state index contributed by atoms with van der Waals surface area (Å²) in [6.07, 6.45) is 0. The van der Waals surface area contributed by atoms with Crippen LogP contribution < -0.4 is 15.6 Å². The van der Waals surface area contributed by atoms with Gasteiger partial charge in [-0.15, -0.1) is 0 Å². The molecular formula is C18H14ClN3O5. The molecule has 0 atom stereocenters. The molecule has 0 spiro atoms. The number of para-hydroxylation sites is 1. The lowest BCUT2D eigenvalue weighted by atomic mass is 10.1. The second-order valence-corrected chi connectivity index (χ2v) is 5.88. The van der Waals surface area contributed by atoms with Gasteiger partial charge in [-0.2, -0.15) is 0 Å². The van der Waals surface area contributed by atoms with Crippen molar-refractivity contribution in [3.63, 3.8) is 0 Å². The number of rotatable bonds is 5. The van der Waals surface area contributed by atoms with E-state index in [9.17, 15) is 14.9 Å². The Kier molecular flexibility index (Phi) is 5.09. The average Bonchev–Trinajstić information content (AvgIpc) is 2.63. The van der Waals surface area contributed by atoms with Crippen LogP contribution in [0.2, 0.25) is 5.02 Å². The molecular weight excluding hydrogens is 374 g/mol. The highest BCUT2D eigenvalue weighted by atomic mass is 35.5. The Morgan fingerprint density at radius 1 is 1.33 bits per heavy atom. The third kappa shape index (κ3) is 3.75. The molecule has 27 heavy (non-hydrogen) atoms. The van der Waals surface area contributed by atoms with Gasteiger partial charge in [0.25, 0.3) is 11.6 Å². The van der Waals surface area contributed by atoms with Gasteiger partial charge in [0.05, 0.1) is 22.2 Å². The first kappa shape index (κ1) is 18.4. The van der Waals surface area contributed by atoms with E-state index in [0.717, 1.165) is 6.07 Å². The molecule has 9 heteroatoms. The van der Waals surface area contributed by atoms with Crippen LogP contribution in [0.25, 0.3) is 11.0 Å². The molecule has 0 aliphatic heterocycles. The van der Waals surface area contributed by atoms with Crippen LogP contribution >= 0.6 is 11.6 Å². The number of nitro benzene ring substituents is 1. The Labute approximate surface area is 158 Å². The number of carbonyl (C=O) groups is 1. The smallest absolute Gasteiger partial charge is 0.271 e. The van der Waals surface area contributed by atoms with E-state index in [1.807, 2.05) is 6.92 Å². The number of nitrogens with one attached hydrogen (secondary N) is 2. The number of nitro groups is 1. The number of nitrogens with zero attached hydrogens (tertiary/aromatic N) is 1. The number of hydrogen-bond acceptors (Lipinski definition) is 6. The molecule has 1 aromatic heterocycles. The van der Waals surface area contributed by atoms with Gasteiger partial charge in [-0.05, 0) is 25.1 Å². The lowest BCUT2D eigenvalue weighted by Gasteiger charge is -2.09. The maximum atomic E-state index is 12.6. The van der Waals surface area contributed by atoms with Crippen molar-refractivity contribution in [3.8, 4) is 5.75 Å². The van der Waals surface area contributed by atoms with E-state index in [2.05, 4.69) is 5.32 Å². The van der Waals surface area contributed by atoms with Crippen molar-refractivity contribution in [2.75, 3.05) is 11.9 Å². The van der Waals surface area contributed by atoms with Crippen LogP contribution in [0.1, 0.15) is 17.3 Å². The van der Waals surface area contributed by atoms with Crippen LogP contribution in [0, 0.1) is 15.5 Å². The van der Waals surface area contributed by atoms with Gasteiger partial charge in [-0.25, -0.2) is 0 Å². The summed E-state index contributed by atoms with van der Waals surface area (Å²) >= 11 is 6.00. The minimum Gasteiger partial charge on any atom is -0.490 e. The van der Waals surface area contributed by atoms with Gasteiger partial charge in [0.15, 0.2) is 11.3 Å². The first-order chi connectivity index (χ1) is 12.9. The Morgan fingerprint density at radius 2 is 2.11 bits per heavy atom. The lowest BCUT2D eigenvalue weighted by molar-refractivity contribution is -0.384. The zero-order valence-electron chi connectivity index (χ0n) is 14.1. The number of amides is 1. The fourth-order valence-corrected chi connectivity index (χ4v) is 2.65. The molecule has 0 fully saturated rings. The number of fused-ring (bicyclic) bond motifs is 1. The summed E-state index contributed by atoms with van der Waals surface area (Å²) in [7, 11) is 0. The molecule has 8 nitrogen and oxygen atoms in total. The van der Waals surface area contributed by atoms with E-state index in [-0.39, 0.29) is 27.5 Å². The van der Waals surface area contributed by atoms with Gasteiger partial charge in [-0.1, -0.05) is 23.7 Å². The molecule has 2 aromatic carbocycles. The lowest BCUT2D eigenvalue weighted by Crippen LogP contribution is -2.21. The van der Waals surface area contributed by atoms with Gasteiger partial charge in [0.1, 0.15) is 5.56 Å².